The Kier molecular flexibility index (Phi) is 4.27. The van der Waals surface area contributed by atoms with Crippen molar-refractivity contribution in [1.29, 1.82) is 0 Å². The van der Waals surface area contributed by atoms with E-state index in [1.54, 1.807) is 0 Å². The lowest BCUT2D eigenvalue weighted by molar-refractivity contribution is -0.0755. The predicted molar refractivity (Wildman–Crippen MR) is 77.6 cm³/mol. The number of carbonyl (C=O) groups excluding carboxylic acids is 1. The van der Waals surface area contributed by atoms with Crippen LogP contribution in [0.2, 0.25) is 0 Å². The molecule has 1 atom stereocenters. The molecule has 8 heteroatoms. The molecule has 0 saturated carbocycles. The third-order valence-electron chi connectivity index (χ3n) is 3.99. The number of rotatable bonds is 3. The Labute approximate surface area is 131 Å². The molecule has 23 heavy (non-hydrogen) atoms. The van der Waals surface area contributed by atoms with Gasteiger partial charge in [-0.05, 0) is 25.3 Å². The third-order valence-corrected chi connectivity index (χ3v) is 3.99. The smallest absolute Gasteiger partial charge is 0.277 e. The van der Waals surface area contributed by atoms with Crippen LogP contribution < -0.4 is 0 Å². The highest BCUT2D eigenvalue weighted by molar-refractivity contribution is 6.05. The van der Waals surface area contributed by atoms with Crippen molar-refractivity contribution in [2.45, 2.75) is 25.5 Å². The second-order valence-corrected chi connectivity index (χ2v) is 5.38. The van der Waals surface area contributed by atoms with Gasteiger partial charge in [-0.15, -0.1) is 0 Å². The number of halogens is 2. The first-order valence-electron chi connectivity index (χ1n) is 7.33. The molecule has 1 saturated heterocycles. The number of hydrogen-bond donors (Lipinski definition) is 0. The number of carbonyl (C=O) groups is 1. The quantitative estimate of drug-likeness (QED) is 0.814. The number of fused-ring (bicyclic) bond motifs is 1. The van der Waals surface area contributed by atoms with E-state index in [0.717, 1.165) is 24.0 Å². The standard InChI is InChI=1S/C15H17F2N3O3/c1-19(22-2)15(21)9-7-11(16)13(17)14-10(9)8-18-20(14)12-5-3-4-6-23-12/h7-8,12H,3-6H2,1-2H3. The molecular formula is C15H17F2N3O3. The van der Waals surface area contributed by atoms with E-state index in [1.165, 1.54) is 25.0 Å². The maximum Gasteiger partial charge on any atom is 0.277 e. The summed E-state index contributed by atoms with van der Waals surface area (Å²) in [7, 11) is 2.71. The Morgan fingerprint density at radius 3 is 2.91 bits per heavy atom. The van der Waals surface area contributed by atoms with E-state index in [0.29, 0.717) is 13.0 Å². The molecule has 1 aliphatic rings. The summed E-state index contributed by atoms with van der Waals surface area (Å²) in [6, 6.07) is 0.864. The molecule has 6 nitrogen and oxygen atoms in total. The summed E-state index contributed by atoms with van der Waals surface area (Å²) in [6.45, 7) is 0.543. The number of nitrogens with zero attached hydrogens (tertiary/aromatic N) is 3. The van der Waals surface area contributed by atoms with E-state index in [-0.39, 0.29) is 16.5 Å². The molecule has 1 unspecified atom stereocenters. The van der Waals surface area contributed by atoms with Crippen LogP contribution in [-0.2, 0) is 9.57 Å². The van der Waals surface area contributed by atoms with E-state index in [9.17, 15) is 13.6 Å². The number of benzene rings is 1. The van der Waals surface area contributed by atoms with Crippen molar-refractivity contribution in [2.24, 2.45) is 0 Å². The maximum absolute atomic E-state index is 14.3. The summed E-state index contributed by atoms with van der Waals surface area (Å²) in [6.07, 6.45) is 3.40. The van der Waals surface area contributed by atoms with E-state index in [1.807, 2.05) is 0 Å². The Balaban J connectivity index is 2.15. The molecule has 1 fully saturated rings. The maximum atomic E-state index is 14.3. The van der Waals surface area contributed by atoms with Gasteiger partial charge in [0.05, 0.1) is 18.9 Å². The normalized spacial score (nSPS) is 18.3. The van der Waals surface area contributed by atoms with Gasteiger partial charge in [-0.2, -0.15) is 5.10 Å². The first kappa shape index (κ1) is 15.8. The first-order chi connectivity index (χ1) is 11.0. The molecule has 3 rings (SSSR count). The fraction of sp³-hybridized carbons (Fsp3) is 0.467. The lowest BCUT2D eigenvalue weighted by atomic mass is 10.1. The van der Waals surface area contributed by atoms with Crippen molar-refractivity contribution in [1.82, 2.24) is 14.8 Å². The molecule has 0 bridgehead atoms. The highest BCUT2D eigenvalue weighted by atomic mass is 19.2. The minimum Gasteiger partial charge on any atom is -0.356 e. The summed E-state index contributed by atoms with van der Waals surface area (Å²) < 4.78 is 35.2. The highest BCUT2D eigenvalue weighted by Crippen LogP contribution is 2.31. The minimum atomic E-state index is -1.11. The van der Waals surface area contributed by atoms with Gasteiger partial charge in [0.1, 0.15) is 5.52 Å². The van der Waals surface area contributed by atoms with Crippen LogP contribution in [0.3, 0.4) is 0 Å². The molecule has 0 spiro atoms. The average Bonchev–Trinajstić information content (AvgIpc) is 3.02. The Bertz CT molecular complexity index is 741. The molecule has 2 heterocycles. The van der Waals surface area contributed by atoms with Gasteiger partial charge in [-0.1, -0.05) is 0 Å². The van der Waals surface area contributed by atoms with Gasteiger partial charge in [0.25, 0.3) is 5.91 Å². The van der Waals surface area contributed by atoms with Crippen molar-refractivity contribution < 1.29 is 23.1 Å². The molecule has 0 radical (unpaired) electrons. The molecule has 124 valence electrons. The highest BCUT2D eigenvalue weighted by Gasteiger charge is 2.26. The number of hydroxylamine groups is 2. The summed E-state index contributed by atoms with van der Waals surface area (Å²) >= 11 is 0. The molecule has 1 amide bonds. The molecule has 1 aliphatic heterocycles. The van der Waals surface area contributed by atoms with E-state index in [2.05, 4.69) is 5.10 Å². The summed E-state index contributed by atoms with van der Waals surface area (Å²) in [5.41, 5.74) is -0.0740. The average molecular weight is 325 g/mol. The number of amides is 1. The molecule has 0 aliphatic carbocycles. The molecule has 1 aromatic heterocycles. The van der Waals surface area contributed by atoms with Crippen molar-refractivity contribution in [3.05, 3.63) is 29.5 Å². The van der Waals surface area contributed by atoms with Crippen LogP contribution in [-0.4, -0.2) is 41.5 Å². The van der Waals surface area contributed by atoms with Gasteiger partial charge >= 0.3 is 0 Å². The van der Waals surface area contributed by atoms with E-state index < -0.39 is 23.8 Å². The minimum absolute atomic E-state index is 0.00897. The Morgan fingerprint density at radius 2 is 2.26 bits per heavy atom. The number of hydrogen-bond acceptors (Lipinski definition) is 4. The van der Waals surface area contributed by atoms with Crippen LogP contribution in [0.1, 0.15) is 35.8 Å². The van der Waals surface area contributed by atoms with Crippen LogP contribution in [0.15, 0.2) is 12.3 Å². The van der Waals surface area contributed by atoms with E-state index >= 15 is 0 Å². The zero-order chi connectivity index (χ0) is 16.6. The fourth-order valence-electron chi connectivity index (χ4n) is 2.72. The lowest BCUT2D eigenvalue weighted by Crippen LogP contribution is -2.26. The molecule has 2 aromatic rings. The SMILES string of the molecule is CON(C)C(=O)c1cc(F)c(F)c2c1cnn2C1CCCCO1. The van der Waals surface area contributed by atoms with Crippen LogP contribution in [0.4, 0.5) is 8.78 Å². The summed E-state index contributed by atoms with van der Waals surface area (Å²) in [5, 5.41) is 5.30. The van der Waals surface area contributed by atoms with Gasteiger partial charge < -0.3 is 4.74 Å². The predicted octanol–water partition coefficient (Wildman–Crippen LogP) is 2.65. The topological polar surface area (TPSA) is 56.6 Å². The van der Waals surface area contributed by atoms with Crippen LogP contribution in [0.5, 0.6) is 0 Å². The largest absolute Gasteiger partial charge is 0.356 e. The summed E-state index contributed by atoms with van der Waals surface area (Å²) in [5.74, 6) is -2.73. The second kappa shape index (κ2) is 6.21. The van der Waals surface area contributed by atoms with Gasteiger partial charge in [-0.3, -0.25) is 9.63 Å². The van der Waals surface area contributed by atoms with Crippen LogP contribution in [0.25, 0.3) is 10.9 Å². The van der Waals surface area contributed by atoms with Gasteiger partial charge in [0, 0.05) is 19.0 Å². The Hall–Kier alpha value is -2.06. The molecule has 1 aromatic carbocycles. The number of ether oxygens (including phenoxy) is 1. The third kappa shape index (κ3) is 2.68. The monoisotopic (exact) mass is 325 g/mol. The first-order valence-corrected chi connectivity index (χ1v) is 7.33. The van der Waals surface area contributed by atoms with Crippen molar-refractivity contribution in [2.75, 3.05) is 20.8 Å². The van der Waals surface area contributed by atoms with Crippen molar-refractivity contribution in [3.63, 3.8) is 0 Å². The van der Waals surface area contributed by atoms with Crippen molar-refractivity contribution >= 4 is 16.8 Å². The van der Waals surface area contributed by atoms with Gasteiger partial charge in [0.15, 0.2) is 17.9 Å². The fourth-order valence-corrected chi connectivity index (χ4v) is 2.72. The molecule has 0 N–H and O–H groups in total. The van der Waals surface area contributed by atoms with Crippen LogP contribution in [0, 0.1) is 11.6 Å². The van der Waals surface area contributed by atoms with Gasteiger partial charge in [0.2, 0.25) is 0 Å². The van der Waals surface area contributed by atoms with E-state index in [4.69, 9.17) is 9.57 Å². The zero-order valence-corrected chi connectivity index (χ0v) is 12.9. The lowest BCUT2D eigenvalue weighted by Gasteiger charge is -2.23. The number of aromatic nitrogens is 2. The van der Waals surface area contributed by atoms with Crippen LogP contribution >= 0.6 is 0 Å². The zero-order valence-electron chi connectivity index (χ0n) is 12.9. The van der Waals surface area contributed by atoms with Gasteiger partial charge in [-0.25, -0.2) is 18.5 Å². The Morgan fingerprint density at radius 1 is 1.48 bits per heavy atom. The second-order valence-electron chi connectivity index (χ2n) is 5.38. The van der Waals surface area contributed by atoms with Crippen molar-refractivity contribution in [3.8, 4) is 0 Å². The summed E-state index contributed by atoms with van der Waals surface area (Å²) in [4.78, 5) is 17.1. The molecular weight excluding hydrogens is 308 g/mol.